The number of para-hydroxylation sites is 1. The molecule has 1 aromatic carbocycles. The normalized spacial score (nSPS) is 15.9. The van der Waals surface area contributed by atoms with E-state index in [-0.39, 0.29) is 11.8 Å². The molecule has 0 N–H and O–H groups in total. The van der Waals surface area contributed by atoms with E-state index in [1.807, 2.05) is 35.0 Å². The zero-order valence-electron chi connectivity index (χ0n) is 19.0. The molecule has 0 saturated carbocycles. The Hall–Kier alpha value is -3.62. The average Bonchev–Trinajstić information content (AvgIpc) is 3.47. The number of piperazine rings is 1. The van der Waals surface area contributed by atoms with Crippen LogP contribution in [0, 0.1) is 0 Å². The Labute approximate surface area is 192 Å². The number of fused-ring (bicyclic) bond motifs is 1. The highest BCUT2D eigenvalue weighted by molar-refractivity contribution is 5.95. The van der Waals surface area contributed by atoms with E-state index in [2.05, 4.69) is 10.2 Å². The number of carbonyl (C=O) groups is 2. The van der Waals surface area contributed by atoms with Crippen LogP contribution in [0.25, 0.3) is 11.3 Å². The average molecular weight is 449 g/mol. The first-order valence-electron chi connectivity index (χ1n) is 11.4. The van der Waals surface area contributed by atoms with Gasteiger partial charge in [-0.25, -0.2) is 0 Å². The van der Waals surface area contributed by atoms with Gasteiger partial charge in [0.2, 0.25) is 0 Å². The van der Waals surface area contributed by atoms with E-state index in [1.165, 1.54) is 0 Å². The van der Waals surface area contributed by atoms with Crippen molar-refractivity contribution < 1.29 is 14.3 Å². The lowest BCUT2D eigenvalue weighted by atomic mass is 10.1. The van der Waals surface area contributed by atoms with E-state index in [0.29, 0.717) is 49.0 Å². The molecule has 5 rings (SSSR count). The van der Waals surface area contributed by atoms with Crippen molar-refractivity contribution in [1.29, 1.82) is 0 Å². The molecule has 33 heavy (non-hydrogen) atoms. The number of aryl methyl sites for hydroxylation is 3. The third-order valence-electron chi connectivity index (χ3n) is 6.47. The number of carbonyl (C=O) groups excluding carboxylic acids is 2. The van der Waals surface area contributed by atoms with Gasteiger partial charge in [0.1, 0.15) is 11.4 Å². The van der Waals surface area contributed by atoms with Gasteiger partial charge in [-0.3, -0.25) is 19.0 Å². The van der Waals surface area contributed by atoms with Gasteiger partial charge in [0.15, 0.2) is 5.69 Å². The summed E-state index contributed by atoms with van der Waals surface area (Å²) in [5.41, 5.74) is 3.70. The van der Waals surface area contributed by atoms with Gasteiger partial charge in [0, 0.05) is 51.0 Å². The fourth-order valence-corrected chi connectivity index (χ4v) is 4.61. The van der Waals surface area contributed by atoms with Crippen LogP contribution in [-0.2, 0) is 20.0 Å². The van der Waals surface area contributed by atoms with Crippen molar-refractivity contribution in [3.05, 3.63) is 53.5 Å². The molecule has 4 heterocycles. The molecule has 2 aliphatic rings. The largest absolute Gasteiger partial charge is 0.496 e. The number of rotatable bonds is 4. The first-order chi connectivity index (χ1) is 16.0. The molecule has 0 bridgehead atoms. The molecule has 2 aliphatic heterocycles. The van der Waals surface area contributed by atoms with Gasteiger partial charge in [-0.15, -0.1) is 0 Å². The fraction of sp³-hybridized carbons (Fsp3) is 0.417. The molecular weight excluding hydrogens is 420 g/mol. The van der Waals surface area contributed by atoms with Gasteiger partial charge in [-0.05, 0) is 43.5 Å². The molecule has 0 spiro atoms. The molecule has 0 aliphatic carbocycles. The summed E-state index contributed by atoms with van der Waals surface area (Å²) in [5, 5.41) is 9.04. The molecule has 2 amide bonds. The number of hydrogen-bond donors (Lipinski definition) is 0. The predicted molar refractivity (Wildman–Crippen MR) is 122 cm³/mol. The highest BCUT2D eigenvalue weighted by Gasteiger charge is 2.29. The Bertz CT molecular complexity index is 1170. The van der Waals surface area contributed by atoms with E-state index < -0.39 is 0 Å². The second-order valence-electron chi connectivity index (χ2n) is 8.52. The van der Waals surface area contributed by atoms with Crippen molar-refractivity contribution in [2.75, 3.05) is 33.3 Å². The van der Waals surface area contributed by atoms with Crippen molar-refractivity contribution >= 4 is 11.8 Å². The van der Waals surface area contributed by atoms with Gasteiger partial charge < -0.3 is 14.5 Å². The summed E-state index contributed by atoms with van der Waals surface area (Å²) in [4.78, 5) is 29.7. The third kappa shape index (κ3) is 3.99. The summed E-state index contributed by atoms with van der Waals surface area (Å²) in [6.07, 6.45) is 3.23. The summed E-state index contributed by atoms with van der Waals surface area (Å²) in [5.74, 6) is 0.571. The van der Waals surface area contributed by atoms with E-state index >= 15 is 0 Å². The Morgan fingerprint density at radius 1 is 0.909 bits per heavy atom. The number of aromatic nitrogens is 4. The number of nitrogens with zero attached hydrogens (tertiary/aromatic N) is 6. The Morgan fingerprint density at radius 2 is 1.64 bits per heavy atom. The topological polar surface area (TPSA) is 85.5 Å². The predicted octanol–water partition coefficient (Wildman–Crippen LogP) is 2.23. The summed E-state index contributed by atoms with van der Waals surface area (Å²) in [7, 11) is 3.39. The second kappa shape index (κ2) is 8.73. The van der Waals surface area contributed by atoms with Crippen molar-refractivity contribution in [2.45, 2.75) is 25.8 Å². The van der Waals surface area contributed by atoms with Crippen molar-refractivity contribution in [3.63, 3.8) is 0 Å². The summed E-state index contributed by atoms with van der Waals surface area (Å²) < 4.78 is 9.00. The van der Waals surface area contributed by atoms with Crippen LogP contribution in [0.1, 0.15) is 39.5 Å². The standard InChI is InChI=1S/C24H28N6O3/c1-27-21(16-19(25-27)18-8-3-4-9-22(18)33-2)24(32)29-13-11-28(12-14-29)23(31)20-15-17-7-5-6-10-30(17)26-20/h3-4,8-9,15-16H,5-7,10-14H2,1-2H3. The molecule has 9 heteroatoms. The second-order valence-corrected chi connectivity index (χ2v) is 8.52. The van der Waals surface area contributed by atoms with Crippen LogP contribution in [0.15, 0.2) is 36.4 Å². The number of amides is 2. The lowest BCUT2D eigenvalue weighted by molar-refractivity contribution is 0.0526. The van der Waals surface area contributed by atoms with Gasteiger partial charge in [0.25, 0.3) is 11.8 Å². The van der Waals surface area contributed by atoms with Crippen LogP contribution in [0.4, 0.5) is 0 Å². The smallest absolute Gasteiger partial charge is 0.274 e. The van der Waals surface area contributed by atoms with Crippen molar-refractivity contribution in [3.8, 4) is 17.0 Å². The number of methoxy groups -OCH3 is 1. The maximum absolute atomic E-state index is 13.2. The SMILES string of the molecule is COc1ccccc1-c1cc(C(=O)N2CCN(C(=O)c3cc4n(n3)CCCC4)CC2)n(C)n1. The van der Waals surface area contributed by atoms with E-state index in [9.17, 15) is 9.59 Å². The van der Waals surface area contributed by atoms with E-state index in [0.717, 1.165) is 37.1 Å². The minimum Gasteiger partial charge on any atom is -0.496 e. The molecule has 0 atom stereocenters. The Balaban J connectivity index is 1.26. The Morgan fingerprint density at radius 3 is 2.36 bits per heavy atom. The molecule has 9 nitrogen and oxygen atoms in total. The van der Waals surface area contributed by atoms with Crippen molar-refractivity contribution in [1.82, 2.24) is 29.4 Å². The highest BCUT2D eigenvalue weighted by atomic mass is 16.5. The maximum atomic E-state index is 13.2. The molecule has 0 unspecified atom stereocenters. The van der Waals surface area contributed by atoms with Crippen LogP contribution < -0.4 is 4.74 Å². The van der Waals surface area contributed by atoms with Gasteiger partial charge in [-0.1, -0.05) is 12.1 Å². The zero-order valence-corrected chi connectivity index (χ0v) is 19.0. The molecule has 0 radical (unpaired) electrons. The van der Waals surface area contributed by atoms with Crippen molar-refractivity contribution in [2.24, 2.45) is 7.05 Å². The number of hydrogen-bond acceptors (Lipinski definition) is 5. The van der Waals surface area contributed by atoms with Crippen LogP contribution in [0.5, 0.6) is 5.75 Å². The third-order valence-corrected chi connectivity index (χ3v) is 6.47. The van der Waals surface area contributed by atoms with Crippen LogP contribution in [0.3, 0.4) is 0 Å². The molecular formula is C24H28N6O3. The van der Waals surface area contributed by atoms with Gasteiger partial charge >= 0.3 is 0 Å². The molecule has 1 fully saturated rings. The quantitative estimate of drug-likeness (QED) is 0.611. The molecule has 3 aromatic rings. The summed E-state index contributed by atoms with van der Waals surface area (Å²) in [6, 6.07) is 11.3. The minimum atomic E-state index is -0.0873. The van der Waals surface area contributed by atoms with Gasteiger partial charge in [-0.2, -0.15) is 10.2 Å². The first kappa shape index (κ1) is 21.2. The van der Waals surface area contributed by atoms with Crippen LogP contribution in [-0.4, -0.2) is 74.5 Å². The monoisotopic (exact) mass is 448 g/mol. The van der Waals surface area contributed by atoms with Crippen LogP contribution >= 0.6 is 0 Å². The first-order valence-corrected chi connectivity index (χ1v) is 11.4. The Kier molecular flexibility index (Phi) is 5.62. The van der Waals surface area contributed by atoms with Gasteiger partial charge in [0.05, 0.1) is 12.8 Å². The summed E-state index contributed by atoms with van der Waals surface area (Å²) in [6.45, 7) is 2.82. The maximum Gasteiger partial charge on any atom is 0.274 e. The van der Waals surface area contributed by atoms with E-state index in [4.69, 9.17) is 4.74 Å². The molecule has 2 aromatic heterocycles. The van der Waals surface area contributed by atoms with E-state index in [1.54, 1.807) is 34.7 Å². The summed E-state index contributed by atoms with van der Waals surface area (Å²) >= 11 is 0. The minimum absolute atomic E-state index is 0.0528. The zero-order chi connectivity index (χ0) is 22.9. The number of ether oxygens (including phenoxy) is 1. The lowest BCUT2D eigenvalue weighted by Gasteiger charge is -2.34. The molecule has 1 saturated heterocycles. The highest BCUT2D eigenvalue weighted by Crippen LogP contribution is 2.29. The lowest BCUT2D eigenvalue weighted by Crippen LogP contribution is -2.51. The number of benzene rings is 1. The molecule has 172 valence electrons. The fourth-order valence-electron chi connectivity index (χ4n) is 4.61. The van der Waals surface area contributed by atoms with Crippen LogP contribution in [0.2, 0.25) is 0 Å².